The van der Waals surface area contributed by atoms with Gasteiger partial charge in [-0.05, 0) is 94.0 Å². The Kier molecular flexibility index (Phi) is 4.38. The second kappa shape index (κ2) is 7.80. The van der Waals surface area contributed by atoms with E-state index in [9.17, 15) is 0 Å². The number of rotatable bonds is 1. The number of hydrogen-bond acceptors (Lipinski definition) is 0. The second-order valence-electron chi connectivity index (χ2n) is 9.82. The summed E-state index contributed by atoms with van der Waals surface area (Å²) in [5.41, 5.74) is 2.49. The van der Waals surface area contributed by atoms with Crippen molar-refractivity contribution in [3.63, 3.8) is 0 Å². The van der Waals surface area contributed by atoms with E-state index in [2.05, 4.69) is 121 Å². The molecular formula is C36H21Cl. The van der Waals surface area contributed by atoms with Crippen LogP contribution in [0.5, 0.6) is 0 Å². The van der Waals surface area contributed by atoms with Crippen molar-refractivity contribution in [2.45, 2.75) is 0 Å². The molecule has 172 valence electrons. The fourth-order valence-corrected chi connectivity index (χ4v) is 6.46. The molecule has 0 saturated heterocycles. The lowest BCUT2D eigenvalue weighted by molar-refractivity contribution is 1.69. The van der Waals surface area contributed by atoms with Crippen LogP contribution < -0.4 is 0 Å². The van der Waals surface area contributed by atoms with E-state index in [1.165, 1.54) is 75.8 Å². The van der Waals surface area contributed by atoms with Crippen molar-refractivity contribution in [2.75, 3.05) is 0 Å². The van der Waals surface area contributed by atoms with Crippen LogP contribution in [0.2, 0.25) is 5.02 Å². The molecule has 0 nitrogen and oxygen atoms in total. The Balaban J connectivity index is 1.65. The smallest absolute Gasteiger partial charge is 0.0412 e. The van der Waals surface area contributed by atoms with Crippen LogP contribution in [-0.4, -0.2) is 0 Å². The summed E-state index contributed by atoms with van der Waals surface area (Å²) in [5, 5.41) is 15.9. The molecule has 0 amide bonds. The monoisotopic (exact) mass is 488 g/mol. The molecule has 0 saturated carbocycles. The molecule has 0 bridgehead atoms. The van der Waals surface area contributed by atoms with E-state index in [1.807, 2.05) is 6.07 Å². The first-order valence-corrected chi connectivity index (χ1v) is 13.0. The first-order chi connectivity index (χ1) is 18.3. The van der Waals surface area contributed by atoms with Crippen LogP contribution in [0.4, 0.5) is 0 Å². The van der Waals surface area contributed by atoms with Gasteiger partial charge in [0.15, 0.2) is 0 Å². The van der Waals surface area contributed by atoms with Gasteiger partial charge in [-0.15, -0.1) is 0 Å². The van der Waals surface area contributed by atoms with Crippen molar-refractivity contribution >= 4 is 76.2 Å². The molecule has 0 radical (unpaired) electrons. The van der Waals surface area contributed by atoms with Crippen LogP contribution in [0.3, 0.4) is 0 Å². The predicted octanol–water partition coefficient (Wildman–Crippen LogP) is 10.9. The molecule has 0 aliphatic carbocycles. The minimum absolute atomic E-state index is 0.762. The average Bonchev–Trinajstić information content (AvgIpc) is 2.96. The maximum Gasteiger partial charge on any atom is 0.0412 e. The fourth-order valence-electron chi connectivity index (χ4n) is 6.29. The zero-order chi connectivity index (χ0) is 24.5. The highest BCUT2D eigenvalue weighted by Gasteiger charge is 2.17. The molecule has 0 atom stereocenters. The maximum absolute atomic E-state index is 6.60. The number of halogens is 1. The van der Waals surface area contributed by atoms with E-state index >= 15 is 0 Å². The lowest BCUT2D eigenvalue weighted by Gasteiger charge is -2.17. The summed E-state index contributed by atoms with van der Waals surface area (Å²) in [6, 6.07) is 46.1. The Bertz CT molecular complexity index is 2200. The van der Waals surface area contributed by atoms with Crippen molar-refractivity contribution in [1.29, 1.82) is 0 Å². The quantitative estimate of drug-likeness (QED) is 0.201. The summed E-state index contributed by atoms with van der Waals surface area (Å²) in [4.78, 5) is 0. The summed E-state index contributed by atoms with van der Waals surface area (Å²) in [7, 11) is 0. The first kappa shape index (κ1) is 20.8. The lowest BCUT2D eigenvalue weighted by atomic mass is 9.86. The Morgan fingerprint density at radius 1 is 0.351 bits per heavy atom. The topological polar surface area (TPSA) is 0 Å². The molecule has 0 fully saturated rings. The minimum Gasteiger partial charge on any atom is -0.0843 e. The average molecular weight is 489 g/mol. The van der Waals surface area contributed by atoms with Crippen molar-refractivity contribution < 1.29 is 0 Å². The number of fused-ring (bicyclic) bond motifs is 12. The van der Waals surface area contributed by atoms with E-state index in [-0.39, 0.29) is 0 Å². The van der Waals surface area contributed by atoms with E-state index in [4.69, 9.17) is 11.6 Å². The molecule has 0 unspecified atom stereocenters. The predicted molar refractivity (Wildman–Crippen MR) is 162 cm³/mol. The highest BCUT2D eigenvalue weighted by molar-refractivity contribution is 6.41. The molecule has 1 heteroatoms. The number of benzene rings is 8. The zero-order valence-electron chi connectivity index (χ0n) is 20.0. The third-order valence-corrected chi connectivity index (χ3v) is 8.10. The van der Waals surface area contributed by atoms with Gasteiger partial charge in [-0.2, -0.15) is 0 Å². The third kappa shape index (κ3) is 2.97. The lowest BCUT2D eigenvalue weighted by Crippen LogP contribution is -1.89. The normalized spacial score (nSPS) is 11.9. The van der Waals surface area contributed by atoms with E-state index in [0.29, 0.717) is 0 Å². The molecule has 8 aromatic carbocycles. The SMILES string of the molecule is Clc1ccc2c3ccc(-c4cccc5ccccc45)cc3c3c4ccccc4c4ccccc4c3c2c1. The molecule has 0 N–H and O–H groups in total. The van der Waals surface area contributed by atoms with E-state index in [1.54, 1.807) is 0 Å². The largest absolute Gasteiger partial charge is 0.0843 e. The molecule has 0 heterocycles. The number of hydrogen-bond donors (Lipinski definition) is 0. The van der Waals surface area contributed by atoms with Gasteiger partial charge in [0.25, 0.3) is 0 Å². The zero-order valence-corrected chi connectivity index (χ0v) is 20.8. The van der Waals surface area contributed by atoms with Crippen molar-refractivity contribution in [1.82, 2.24) is 0 Å². The summed E-state index contributed by atoms with van der Waals surface area (Å²) in [6.07, 6.45) is 0. The fraction of sp³-hybridized carbons (Fsp3) is 0. The van der Waals surface area contributed by atoms with Crippen LogP contribution in [0.15, 0.2) is 127 Å². The van der Waals surface area contributed by atoms with Gasteiger partial charge in [0, 0.05) is 5.02 Å². The van der Waals surface area contributed by atoms with Gasteiger partial charge in [0.2, 0.25) is 0 Å². The second-order valence-corrected chi connectivity index (χ2v) is 10.3. The highest BCUT2D eigenvalue weighted by Crippen LogP contribution is 2.45. The van der Waals surface area contributed by atoms with Crippen LogP contribution in [-0.2, 0) is 0 Å². The van der Waals surface area contributed by atoms with Gasteiger partial charge < -0.3 is 0 Å². The van der Waals surface area contributed by atoms with Crippen LogP contribution in [0.25, 0.3) is 75.8 Å². The third-order valence-electron chi connectivity index (χ3n) is 7.86. The Morgan fingerprint density at radius 3 is 1.57 bits per heavy atom. The van der Waals surface area contributed by atoms with Gasteiger partial charge in [-0.3, -0.25) is 0 Å². The molecule has 37 heavy (non-hydrogen) atoms. The van der Waals surface area contributed by atoms with E-state index < -0.39 is 0 Å². The Labute approximate surface area is 219 Å². The molecular weight excluding hydrogens is 468 g/mol. The van der Waals surface area contributed by atoms with Gasteiger partial charge in [0.05, 0.1) is 0 Å². The summed E-state index contributed by atoms with van der Waals surface area (Å²) in [6.45, 7) is 0. The minimum atomic E-state index is 0.762. The Morgan fingerprint density at radius 2 is 0.865 bits per heavy atom. The van der Waals surface area contributed by atoms with Crippen molar-refractivity contribution in [3.05, 3.63) is 132 Å². The molecule has 0 aromatic heterocycles. The summed E-state index contributed by atoms with van der Waals surface area (Å²) < 4.78 is 0. The van der Waals surface area contributed by atoms with Crippen LogP contribution >= 0.6 is 11.6 Å². The Hall–Kier alpha value is -4.39. The molecule has 0 aliphatic rings. The van der Waals surface area contributed by atoms with Gasteiger partial charge >= 0.3 is 0 Å². The van der Waals surface area contributed by atoms with Crippen LogP contribution in [0, 0.1) is 0 Å². The molecule has 0 aliphatic heterocycles. The maximum atomic E-state index is 6.60. The van der Waals surface area contributed by atoms with Gasteiger partial charge in [0.1, 0.15) is 0 Å². The molecule has 0 spiro atoms. The molecule has 8 aromatic rings. The van der Waals surface area contributed by atoms with Gasteiger partial charge in [-0.1, -0.05) is 121 Å². The van der Waals surface area contributed by atoms with Crippen molar-refractivity contribution in [3.8, 4) is 11.1 Å². The van der Waals surface area contributed by atoms with E-state index in [0.717, 1.165) is 5.02 Å². The summed E-state index contributed by atoms with van der Waals surface area (Å²) in [5.74, 6) is 0. The van der Waals surface area contributed by atoms with Gasteiger partial charge in [-0.25, -0.2) is 0 Å². The molecule has 8 rings (SSSR count). The standard InChI is InChI=1S/C36H21Cl/c37-24-17-19-30-29-18-16-23(26-15-7-9-22-8-1-2-10-25(22)26)20-33(29)35-31-13-5-3-11-27(31)28-12-4-6-14-32(28)36(35)34(30)21-24/h1-21H. The van der Waals surface area contributed by atoms with Crippen molar-refractivity contribution in [2.24, 2.45) is 0 Å². The summed E-state index contributed by atoms with van der Waals surface area (Å²) >= 11 is 6.60. The highest BCUT2D eigenvalue weighted by atomic mass is 35.5. The first-order valence-electron chi connectivity index (χ1n) is 12.6. The van der Waals surface area contributed by atoms with Crippen LogP contribution in [0.1, 0.15) is 0 Å².